The van der Waals surface area contributed by atoms with Gasteiger partial charge in [0.25, 0.3) is 0 Å². The number of hydrogen-bond acceptors (Lipinski definition) is 5. The molecule has 0 atom stereocenters. The van der Waals surface area contributed by atoms with Crippen molar-refractivity contribution in [3.05, 3.63) is 48.7 Å². The van der Waals surface area contributed by atoms with Gasteiger partial charge in [-0.3, -0.25) is 4.98 Å². The summed E-state index contributed by atoms with van der Waals surface area (Å²) >= 11 is 0. The van der Waals surface area contributed by atoms with E-state index < -0.39 is 0 Å². The van der Waals surface area contributed by atoms with Crippen molar-refractivity contribution in [1.29, 1.82) is 0 Å². The summed E-state index contributed by atoms with van der Waals surface area (Å²) in [6.07, 6.45) is 10.8. The molecule has 1 aromatic heterocycles. The first-order valence-electron chi connectivity index (χ1n) is 9.99. The minimum absolute atomic E-state index is 0.660. The number of ether oxygens (including phenoxy) is 2. The summed E-state index contributed by atoms with van der Waals surface area (Å²) in [6, 6.07) is 0. The number of anilines is 1. The monoisotopic (exact) mass is 377 g/mol. The summed E-state index contributed by atoms with van der Waals surface area (Å²) in [6.45, 7) is 18.0. The lowest BCUT2D eigenvalue weighted by atomic mass is 10.1. The minimum atomic E-state index is 0.660. The van der Waals surface area contributed by atoms with Crippen molar-refractivity contribution in [2.24, 2.45) is 0 Å². The lowest BCUT2D eigenvalue weighted by molar-refractivity contribution is 0.114. The molecule has 0 amide bonds. The molecule has 0 aliphatic rings. The van der Waals surface area contributed by atoms with E-state index in [1.54, 1.807) is 18.5 Å². The van der Waals surface area contributed by atoms with Gasteiger partial charge in [-0.25, -0.2) is 4.98 Å². The fourth-order valence-corrected chi connectivity index (χ4v) is 1.82. The molecular weight excluding hydrogens is 338 g/mol. The van der Waals surface area contributed by atoms with E-state index >= 15 is 0 Å². The summed E-state index contributed by atoms with van der Waals surface area (Å²) < 4.78 is 11.1. The van der Waals surface area contributed by atoms with Crippen LogP contribution < -0.4 is 5.32 Å². The third kappa shape index (κ3) is 12.8. The maximum absolute atomic E-state index is 5.76. The molecule has 0 radical (unpaired) electrons. The van der Waals surface area contributed by atoms with Crippen LogP contribution in [0.25, 0.3) is 5.57 Å². The van der Waals surface area contributed by atoms with Gasteiger partial charge in [0, 0.05) is 38.7 Å². The Balaban J connectivity index is 0. The largest absolute Gasteiger partial charge is 0.498 e. The number of hydrogen-bond donors (Lipinski definition) is 1. The van der Waals surface area contributed by atoms with E-state index in [2.05, 4.69) is 28.8 Å². The first-order chi connectivity index (χ1) is 13.2. The van der Waals surface area contributed by atoms with E-state index in [-0.39, 0.29) is 0 Å². The molecule has 0 saturated carbocycles. The zero-order chi connectivity index (χ0) is 20.9. The van der Waals surface area contributed by atoms with Gasteiger partial charge in [0.05, 0.1) is 30.5 Å². The van der Waals surface area contributed by atoms with Crippen LogP contribution in [-0.4, -0.2) is 36.8 Å². The van der Waals surface area contributed by atoms with Gasteiger partial charge in [0.2, 0.25) is 0 Å². The van der Waals surface area contributed by atoms with E-state index in [4.69, 9.17) is 9.47 Å². The number of nitrogens with one attached hydrogen (secondary N) is 1. The first kappa shape index (κ1) is 27.1. The van der Waals surface area contributed by atoms with E-state index in [1.165, 1.54) is 0 Å². The van der Waals surface area contributed by atoms with Crippen LogP contribution >= 0.6 is 0 Å². The second kappa shape index (κ2) is 20.2. The fraction of sp³-hybridized carbons (Fsp3) is 0.545. The maximum atomic E-state index is 5.76. The Labute approximate surface area is 166 Å². The molecule has 0 aliphatic carbocycles. The summed E-state index contributed by atoms with van der Waals surface area (Å²) in [5.41, 5.74) is 1.69. The first-order valence-corrected chi connectivity index (χ1v) is 9.99. The fourth-order valence-electron chi connectivity index (χ4n) is 1.82. The Bertz CT molecular complexity index is 523. The smallest absolute Gasteiger partial charge is 0.144 e. The number of rotatable bonds is 11. The highest BCUT2D eigenvalue weighted by atomic mass is 16.5. The molecule has 1 aromatic rings. The second-order valence-corrected chi connectivity index (χ2v) is 4.75. The lowest BCUT2D eigenvalue weighted by Crippen LogP contribution is -2.00. The summed E-state index contributed by atoms with van der Waals surface area (Å²) in [5, 5.41) is 2.95. The van der Waals surface area contributed by atoms with Crippen molar-refractivity contribution in [1.82, 2.24) is 9.97 Å². The number of nitrogens with zero attached hydrogens (tertiary/aromatic N) is 2. The van der Waals surface area contributed by atoms with Crippen molar-refractivity contribution < 1.29 is 9.47 Å². The second-order valence-electron chi connectivity index (χ2n) is 4.75. The molecule has 0 bridgehead atoms. The van der Waals surface area contributed by atoms with Crippen molar-refractivity contribution >= 4 is 11.4 Å². The van der Waals surface area contributed by atoms with E-state index in [0.29, 0.717) is 6.61 Å². The Hall–Kier alpha value is -2.14. The number of allylic oxidation sites excluding steroid dienone is 5. The molecule has 1 heterocycles. The van der Waals surface area contributed by atoms with Crippen LogP contribution in [0.15, 0.2) is 43.0 Å². The summed E-state index contributed by atoms with van der Waals surface area (Å²) in [7, 11) is 1.81. The van der Waals surface area contributed by atoms with E-state index in [9.17, 15) is 0 Å². The van der Waals surface area contributed by atoms with Gasteiger partial charge in [0.15, 0.2) is 0 Å². The van der Waals surface area contributed by atoms with E-state index in [1.807, 2.05) is 53.8 Å². The lowest BCUT2D eigenvalue weighted by Gasteiger charge is -2.08. The Morgan fingerprint density at radius 1 is 1.07 bits per heavy atom. The predicted molar refractivity (Wildman–Crippen MR) is 118 cm³/mol. The van der Waals surface area contributed by atoms with Crippen LogP contribution in [0.1, 0.15) is 60.1 Å². The Morgan fingerprint density at radius 3 is 2.26 bits per heavy atom. The van der Waals surface area contributed by atoms with Gasteiger partial charge in [0.1, 0.15) is 5.82 Å². The molecular formula is C22H39N3O2. The summed E-state index contributed by atoms with van der Waals surface area (Å²) in [4.78, 5) is 8.63. The van der Waals surface area contributed by atoms with Gasteiger partial charge >= 0.3 is 0 Å². The van der Waals surface area contributed by atoms with Gasteiger partial charge in [-0.05, 0) is 19.1 Å². The predicted octanol–water partition coefficient (Wildman–Crippen LogP) is 5.88. The molecule has 1 rings (SSSR count). The van der Waals surface area contributed by atoms with Crippen LogP contribution in [0.3, 0.4) is 0 Å². The van der Waals surface area contributed by atoms with Gasteiger partial charge in [-0.1, -0.05) is 47.3 Å². The highest BCUT2D eigenvalue weighted by Gasteiger charge is 2.01. The molecule has 5 heteroatoms. The Kier molecular flexibility index (Phi) is 20.2. The Morgan fingerprint density at radius 2 is 1.78 bits per heavy atom. The van der Waals surface area contributed by atoms with Crippen LogP contribution in [0.5, 0.6) is 0 Å². The summed E-state index contributed by atoms with van der Waals surface area (Å²) in [5.74, 6) is 1.67. The van der Waals surface area contributed by atoms with Crippen LogP contribution in [0, 0.1) is 0 Å². The third-order valence-corrected chi connectivity index (χ3v) is 3.15. The van der Waals surface area contributed by atoms with Gasteiger partial charge < -0.3 is 14.8 Å². The van der Waals surface area contributed by atoms with Crippen molar-refractivity contribution in [3.8, 4) is 0 Å². The van der Waals surface area contributed by atoms with Gasteiger partial charge in [-0.2, -0.15) is 0 Å². The molecule has 0 aromatic carbocycles. The quantitative estimate of drug-likeness (QED) is 0.296. The average Bonchev–Trinajstić information content (AvgIpc) is 2.75. The zero-order valence-corrected chi connectivity index (χ0v) is 18.3. The molecule has 1 N–H and O–H groups in total. The van der Waals surface area contributed by atoms with Crippen LogP contribution in [0.4, 0.5) is 5.82 Å². The van der Waals surface area contributed by atoms with Crippen molar-refractivity contribution in [3.63, 3.8) is 0 Å². The highest BCUT2D eigenvalue weighted by molar-refractivity contribution is 5.72. The molecule has 27 heavy (non-hydrogen) atoms. The zero-order valence-electron chi connectivity index (χ0n) is 18.3. The highest BCUT2D eigenvalue weighted by Crippen LogP contribution is 2.15. The van der Waals surface area contributed by atoms with Crippen molar-refractivity contribution in [2.45, 2.75) is 54.4 Å². The minimum Gasteiger partial charge on any atom is -0.498 e. The SMILES string of the molecule is C=C/C(=C\C=C(/CC)OCCCOCC)c1cnc(NC)cn1.CC.CC. The maximum Gasteiger partial charge on any atom is 0.144 e. The molecule has 0 fully saturated rings. The molecule has 5 nitrogen and oxygen atoms in total. The number of aromatic nitrogens is 2. The normalized spacial score (nSPS) is 10.8. The molecule has 0 unspecified atom stereocenters. The van der Waals surface area contributed by atoms with Crippen LogP contribution in [0.2, 0.25) is 0 Å². The van der Waals surface area contributed by atoms with Gasteiger partial charge in [-0.15, -0.1) is 0 Å². The van der Waals surface area contributed by atoms with Crippen molar-refractivity contribution in [2.75, 3.05) is 32.2 Å². The van der Waals surface area contributed by atoms with E-state index in [0.717, 1.165) is 48.9 Å². The molecule has 0 spiro atoms. The molecule has 0 aliphatic heterocycles. The molecule has 0 saturated heterocycles. The standard InChI is InChI=1S/C18H27N3O2.2C2H6/c1-5-15(17-13-21-18(19-4)14-20-17)9-10-16(6-2)23-12-8-11-22-7-3;2*1-2/h5,9-10,13-14H,1,6-8,11-12H2,2-4H3,(H,19,21);2*1-2H3/b15-9+,16-10+;;. The average molecular weight is 378 g/mol. The molecule has 154 valence electrons. The third-order valence-electron chi connectivity index (χ3n) is 3.15. The van der Waals surface area contributed by atoms with Crippen LogP contribution in [-0.2, 0) is 9.47 Å². The topological polar surface area (TPSA) is 56.3 Å².